The SMILES string of the molecule is OCCSC1=C(SCCO)SC(=C2SC3=C(SCCCSC4=C(SCCCSC5=C(SCCCS3)SC(=C3SC(SCCO)=C(SCCO)S3)S5)SC(=C3SC(SCCO)=C(SCCO)S3)S4)S2)S1. The fraction of sp³-hybridized carbons (Fsp3) is 0.538. The lowest BCUT2D eigenvalue weighted by Crippen LogP contribution is -1.87. The summed E-state index contributed by atoms with van der Waals surface area (Å²) in [5.41, 5.74) is 0. The van der Waals surface area contributed by atoms with Crippen LogP contribution < -0.4 is 0 Å². The predicted molar refractivity (Wildman–Crippen MR) is 360 cm³/mol. The van der Waals surface area contributed by atoms with Crippen molar-refractivity contribution in [2.75, 3.05) is 109 Å². The first-order chi connectivity index (χ1) is 33.9. The van der Waals surface area contributed by atoms with Crippen molar-refractivity contribution in [3.05, 3.63) is 76.3 Å². The second-order valence-corrected chi connectivity index (χ2v) is 43.1. The Morgan fingerprint density at radius 3 is 0.551 bits per heavy atom. The zero-order valence-corrected chi connectivity index (χ0v) is 55.9. The number of rotatable bonds is 18. The van der Waals surface area contributed by atoms with Crippen LogP contribution in [0, 0.1) is 0 Å². The normalized spacial score (nSPS) is 22.2. The topological polar surface area (TPSA) is 121 Å². The Kier molecular flexibility index (Phi) is 32.2. The molecule has 0 saturated heterocycles. The van der Waals surface area contributed by atoms with Gasteiger partial charge in [-0.2, -0.15) is 0 Å². The largest absolute Gasteiger partial charge is 0.396 e. The van der Waals surface area contributed by atoms with Crippen molar-refractivity contribution < 1.29 is 30.6 Å². The van der Waals surface area contributed by atoms with Crippen molar-refractivity contribution in [3.8, 4) is 0 Å². The minimum atomic E-state index is 0.149. The Labute approximate surface area is 509 Å². The number of hydrogen-bond acceptors (Lipinski definition) is 30. The van der Waals surface area contributed by atoms with Crippen LogP contribution in [0.5, 0.6) is 0 Å². The second-order valence-electron chi connectivity index (χ2n) is 13.0. The number of aliphatic hydroxyl groups is 6. The highest BCUT2D eigenvalue weighted by atomic mass is 32.3. The van der Waals surface area contributed by atoms with E-state index in [0.29, 0.717) is 34.5 Å². The van der Waals surface area contributed by atoms with Crippen LogP contribution in [-0.2, 0) is 0 Å². The lowest BCUT2D eigenvalue weighted by Gasteiger charge is -2.07. The molecule has 6 nitrogen and oxygen atoms in total. The molecule has 6 N–H and O–H groups in total. The van der Waals surface area contributed by atoms with Crippen molar-refractivity contribution in [2.45, 2.75) is 19.3 Å². The minimum absolute atomic E-state index is 0.149. The second kappa shape index (κ2) is 35.6. The van der Waals surface area contributed by atoms with Crippen LogP contribution in [0.3, 0.4) is 0 Å². The van der Waals surface area contributed by atoms with Gasteiger partial charge >= 0.3 is 0 Å². The molecule has 7 heterocycles. The standard InChI is InChI=1S/C39H48O6S24/c40-4-16-52-28-29(53-17-5-41)65-37(64-28)34-58-22-24(60-34)48-12-2-14-50-26-27(63-36(62-26)39-68-32(56-20-8-44)33(69-39)57-21-9-45)51-15-3-13-49-25-23(47-11-1-10-46-22)59-35(61-25)38-66-30(54-18-6-42)31(67-38)55-19-7-43/h40-45H,1-21H2. The Bertz CT molecular complexity index is 1730. The summed E-state index contributed by atoms with van der Waals surface area (Å²) in [7, 11) is 0. The maximum absolute atomic E-state index is 9.62. The molecule has 0 fully saturated rings. The summed E-state index contributed by atoms with van der Waals surface area (Å²) in [6, 6.07) is 0. The summed E-state index contributed by atoms with van der Waals surface area (Å²) < 4.78 is 24.0. The summed E-state index contributed by atoms with van der Waals surface area (Å²) in [5, 5.41) is 57.7. The molecule has 69 heavy (non-hydrogen) atoms. The van der Waals surface area contributed by atoms with Crippen LogP contribution in [0.2, 0.25) is 0 Å². The van der Waals surface area contributed by atoms with Gasteiger partial charge in [-0.3, -0.25) is 0 Å². The molecule has 384 valence electrons. The monoisotopic (exact) mass is 1380 g/mol. The maximum Gasteiger partial charge on any atom is 0.0717 e. The van der Waals surface area contributed by atoms with Crippen LogP contribution in [0.1, 0.15) is 19.3 Å². The Hall–Kier alpha value is 5.82. The molecule has 30 heteroatoms. The molecule has 0 atom stereocenters. The Morgan fingerprint density at radius 1 is 0.232 bits per heavy atom. The molecule has 0 aromatic heterocycles. The Morgan fingerprint density at radius 2 is 0.391 bits per heavy atom. The van der Waals surface area contributed by atoms with Gasteiger partial charge in [-0.05, 0) is 53.8 Å². The zero-order chi connectivity index (χ0) is 48.2. The molecular weight excluding hydrogens is 1330 g/mol. The molecule has 0 aliphatic carbocycles. The first kappa shape index (κ1) is 62.4. The first-order valence-corrected chi connectivity index (χ1v) is 42.6. The quantitative estimate of drug-likeness (QED) is 0.0780. The molecule has 0 unspecified atom stereocenters. The molecule has 0 bridgehead atoms. The van der Waals surface area contributed by atoms with Gasteiger partial charge in [0.2, 0.25) is 0 Å². The van der Waals surface area contributed by atoms with Crippen LogP contribution in [0.15, 0.2) is 76.3 Å². The van der Waals surface area contributed by atoms with Crippen molar-refractivity contribution in [3.63, 3.8) is 0 Å². The van der Waals surface area contributed by atoms with Crippen LogP contribution in [0.4, 0.5) is 0 Å². The molecule has 0 amide bonds. The van der Waals surface area contributed by atoms with E-state index in [9.17, 15) is 30.6 Å². The average molecular weight is 1380 g/mol. The molecular formula is C39H48O6S24. The van der Waals surface area contributed by atoms with E-state index in [1.807, 2.05) is 212 Å². The molecule has 0 saturated carbocycles. The van der Waals surface area contributed by atoms with Gasteiger partial charge in [0.25, 0.3) is 0 Å². The summed E-state index contributed by atoms with van der Waals surface area (Å²) in [6.07, 6.45) is 3.35. The van der Waals surface area contributed by atoms with E-state index >= 15 is 0 Å². The van der Waals surface area contributed by atoms with Gasteiger partial charge in [-0.25, -0.2) is 0 Å². The molecule has 0 radical (unpaired) electrons. The van der Waals surface area contributed by atoms with Gasteiger partial charge in [-0.1, -0.05) is 141 Å². The molecule has 0 aromatic carbocycles. The summed E-state index contributed by atoms with van der Waals surface area (Å²) in [4.78, 5) is 0. The van der Waals surface area contributed by atoms with Gasteiger partial charge in [0.15, 0.2) is 0 Å². The van der Waals surface area contributed by atoms with Gasteiger partial charge in [0.05, 0.1) is 116 Å². The van der Waals surface area contributed by atoms with E-state index < -0.39 is 0 Å². The Balaban J connectivity index is 1.07. The maximum atomic E-state index is 9.62. The number of aliphatic hydroxyl groups excluding tert-OH is 6. The van der Waals surface area contributed by atoms with E-state index in [4.69, 9.17) is 0 Å². The molecule has 7 rings (SSSR count). The minimum Gasteiger partial charge on any atom is -0.396 e. The number of thioether (sulfide) groups is 24. The van der Waals surface area contributed by atoms with Crippen LogP contribution >= 0.6 is 282 Å². The summed E-state index contributed by atoms with van der Waals surface area (Å²) >= 11 is 45.1. The fourth-order valence-corrected chi connectivity index (χ4v) is 40.6. The van der Waals surface area contributed by atoms with Crippen LogP contribution in [-0.4, -0.2) is 139 Å². The van der Waals surface area contributed by atoms with E-state index in [-0.39, 0.29) is 39.6 Å². The predicted octanol–water partition coefficient (Wildman–Crippen LogP) is 16.9. The van der Waals surface area contributed by atoms with Gasteiger partial charge in [0, 0.05) is 34.5 Å². The highest BCUT2D eigenvalue weighted by molar-refractivity contribution is 8.47. The smallest absolute Gasteiger partial charge is 0.0717 e. The third-order valence-electron chi connectivity index (χ3n) is 7.94. The summed E-state index contributed by atoms with van der Waals surface area (Å²) in [5.74, 6) is 10.4. The zero-order valence-electron chi connectivity index (χ0n) is 36.3. The lowest BCUT2D eigenvalue weighted by molar-refractivity contribution is 0.322. The lowest BCUT2D eigenvalue weighted by atomic mass is 10.6. The molecule has 0 aromatic rings. The van der Waals surface area contributed by atoms with Gasteiger partial charge in [0.1, 0.15) is 0 Å². The summed E-state index contributed by atoms with van der Waals surface area (Å²) in [6.45, 7) is 0.894. The van der Waals surface area contributed by atoms with E-state index in [1.165, 1.54) is 76.3 Å². The highest BCUT2D eigenvalue weighted by Gasteiger charge is 2.34. The van der Waals surface area contributed by atoms with Crippen LogP contribution in [0.25, 0.3) is 0 Å². The van der Waals surface area contributed by atoms with Gasteiger partial charge < -0.3 is 30.6 Å². The molecule has 0 spiro atoms. The van der Waals surface area contributed by atoms with Crippen molar-refractivity contribution >= 4 is 282 Å². The fourth-order valence-electron chi connectivity index (χ4n) is 5.19. The van der Waals surface area contributed by atoms with Crippen molar-refractivity contribution in [1.82, 2.24) is 0 Å². The molecule has 7 aliphatic rings. The average Bonchev–Trinajstić information content (AvgIpc) is 4.23. The van der Waals surface area contributed by atoms with E-state index in [0.717, 1.165) is 53.8 Å². The third kappa shape index (κ3) is 20.0. The third-order valence-corrected chi connectivity index (χ3v) is 43.1. The van der Waals surface area contributed by atoms with E-state index in [1.54, 1.807) is 70.6 Å². The van der Waals surface area contributed by atoms with Crippen molar-refractivity contribution in [1.29, 1.82) is 0 Å². The van der Waals surface area contributed by atoms with Crippen molar-refractivity contribution in [2.24, 2.45) is 0 Å². The molecule has 7 aliphatic heterocycles. The van der Waals surface area contributed by atoms with E-state index in [2.05, 4.69) is 0 Å². The van der Waals surface area contributed by atoms with Gasteiger partial charge in [-0.15, -0.1) is 141 Å². The number of hydrogen-bond donors (Lipinski definition) is 6. The first-order valence-electron chi connectivity index (χ1n) is 21.0. The highest BCUT2D eigenvalue weighted by Crippen LogP contribution is 2.69.